The summed E-state index contributed by atoms with van der Waals surface area (Å²) in [5, 5.41) is 0. The molecule has 1 aromatic heterocycles. The van der Waals surface area contributed by atoms with Gasteiger partial charge < -0.3 is 0 Å². The summed E-state index contributed by atoms with van der Waals surface area (Å²) < 4.78 is 21.0. The van der Waals surface area contributed by atoms with Crippen molar-refractivity contribution < 1.29 is 8.76 Å². The summed E-state index contributed by atoms with van der Waals surface area (Å²) in [7, 11) is 0. The van der Waals surface area contributed by atoms with Crippen LogP contribution < -0.4 is 4.72 Å². The van der Waals surface area contributed by atoms with Gasteiger partial charge in [0.2, 0.25) is 0 Å². The fourth-order valence-electron chi connectivity index (χ4n) is 0.675. The van der Waals surface area contributed by atoms with Crippen LogP contribution >= 0.6 is 0 Å². The number of aryl methyl sites for hydroxylation is 1. The average molecular weight is 172 g/mol. The van der Waals surface area contributed by atoms with Crippen LogP contribution in [0.2, 0.25) is 0 Å². The second-order valence-electron chi connectivity index (χ2n) is 2.02. The fourth-order valence-corrected chi connectivity index (χ4v) is 1.05. The smallest absolute Gasteiger partial charge is 0.260 e. The maximum absolute atomic E-state index is 10.3. The van der Waals surface area contributed by atoms with E-state index in [0.717, 1.165) is 5.56 Å². The van der Waals surface area contributed by atoms with E-state index in [1.807, 2.05) is 13.0 Å². The Kier molecular flexibility index (Phi) is 2.56. The van der Waals surface area contributed by atoms with E-state index in [2.05, 4.69) is 9.71 Å². The SMILES string of the molecule is Cc1cccnc1NS(=O)O. The number of nitrogens with zero attached hydrogens (tertiary/aromatic N) is 1. The van der Waals surface area contributed by atoms with Crippen LogP contribution in [0.1, 0.15) is 5.56 Å². The molecule has 0 aliphatic rings. The van der Waals surface area contributed by atoms with Crippen molar-refractivity contribution in [3.8, 4) is 0 Å². The Bertz CT molecular complexity index is 277. The molecule has 1 aromatic rings. The Morgan fingerprint density at radius 1 is 1.73 bits per heavy atom. The molecule has 0 aromatic carbocycles. The molecule has 1 atom stereocenters. The first-order valence-corrected chi connectivity index (χ1v) is 4.10. The molecule has 0 fully saturated rings. The van der Waals surface area contributed by atoms with Crippen LogP contribution in [0.4, 0.5) is 5.82 Å². The van der Waals surface area contributed by atoms with Crippen LogP contribution in [-0.2, 0) is 11.3 Å². The number of anilines is 1. The van der Waals surface area contributed by atoms with E-state index in [1.165, 1.54) is 0 Å². The molecular weight excluding hydrogens is 164 g/mol. The highest BCUT2D eigenvalue weighted by atomic mass is 32.2. The summed E-state index contributed by atoms with van der Waals surface area (Å²) in [5.41, 5.74) is 0.843. The van der Waals surface area contributed by atoms with Gasteiger partial charge in [0.15, 0.2) is 0 Å². The van der Waals surface area contributed by atoms with Gasteiger partial charge >= 0.3 is 0 Å². The first-order valence-electron chi connectivity index (χ1n) is 2.99. The largest absolute Gasteiger partial charge is 0.289 e. The van der Waals surface area contributed by atoms with Gasteiger partial charge in [-0.2, -0.15) is 0 Å². The average Bonchev–Trinajstić information content (AvgIpc) is 1.93. The molecule has 0 bridgehead atoms. The Morgan fingerprint density at radius 3 is 3.00 bits per heavy atom. The standard InChI is InChI=1S/C6H8N2O2S/c1-5-3-2-4-7-6(5)8-11(9)10/h2-4H,1H3,(H,7,8)(H,9,10). The third-order valence-corrected chi connectivity index (χ3v) is 1.56. The lowest BCUT2D eigenvalue weighted by atomic mass is 10.3. The third kappa shape index (κ3) is 2.28. The Labute approximate surface area is 67.1 Å². The van der Waals surface area contributed by atoms with E-state index in [0.29, 0.717) is 5.82 Å². The van der Waals surface area contributed by atoms with E-state index in [4.69, 9.17) is 4.55 Å². The maximum Gasteiger partial charge on any atom is 0.260 e. The van der Waals surface area contributed by atoms with Crippen molar-refractivity contribution in [2.45, 2.75) is 6.92 Å². The molecule has 1 unspecified atom stereocenters. The summed E-state index contributed by atoms with van der Waals surface area (Å²) in [6.45, 7) is 1.81. The fraction of sp³-hybridized carbons (Fsp3) is 0.167. The van der Waals surface area contributed by atoms with Crippen LogP contribution in [0.3, 0.4) is 0 Å². The highest BCUT2D eigenvalue weighted by Crippen LogP contribution is 2.08. The second-order valence-corrected chi connectivity index (χ2v) is 2.72. The quantitative estimate of drug-likeness (QED) is 0.652. The zero-order chi connectivity index (χ0) is 8.27. The summed E-state index contributed by atoms with van der Waals surface area (Å²) >= 11 is -2.04. The van der Waals surface area contributed by atoms with Crippen LogP contribution in [0, 0.1) is 6.92 Å². The van der Waals surface area contributed by atoms with Gasteiger partial charge in [-0.3, -0.25) is 9.27 Å². The number of hydrogen-bond acceptors (Lipinski definition) is 2. The number of nitrogens with one attached hydrogen (secondary N) is 1. The van der Waals surface area contributed by atoms with Gasteiger partial charge in [0.25, 0.3) is 11.3 Å². The molecule has 0 radical (unpaired) electrons. The van der Waals surface area contributed by atoms with Crippen molar-refractivity contribution in [1.82, 2.24) is 4.98 Å². The van der Waals surface area contributed by atoms with Crippen LogP contribution in [-0.4, -0.2) is 13.7 Å². The Balaban J connectivity index is 2.86. The van der Waals surface area contributed by atoms with E-state index in [1.54, 1.807) is 12.3 Å². The van der Waals surface area contributed by atoms with Gasteiger partial charge in [-0.15, -0.1) is 0 Å². The first kappa shape index (κ1) is 8.16. The first-order chi connectivity index (χ1) is 5.20. The predicted molar refractivity (Wildman–Crippen MR) is 43.4 cm³/mol. The summed E-state index contributed by atoms with van der Waals surface area (Å²) in [4.78, 5) is 3.85. The van der Waals surface area contributed by atoms with Gasteiger partial charge in [-0.05, 0) is 18.6 Å². The van der Waals surface area contributed by atoms with Gasteiger partial charge in [-0.25, -0.2) is 9.19 Å². The van der Waals surface area contributed by atoms with Crippen molar-refractivity contribution >= 4 is 17.1 Å². The molecule has 5 heteroatoms. The van der Waals surface area contributed by atoms with Crippen molar-refractivity contribution in [1.29, 1.82) is 0 Å². The lowest BCUT2D eigenvalue weighted by Gasteiger charge is -2.01. The summed E-state index contributed by atoms with van der Waals surface area (Å²) in [5.74, 6) is 0.438. The van der Waals surface area contributed by atoms with Crippen molar-refractivity contribution in [3.63, 3.8) is 0 Å². The molecule has 0 saturated heterocycles. The highest BCUT2D eigenvalue weighted by Gasteiger charge is 1.98. The monoisotopic (exact) mass is 172 g/mol. The molecule has 1 heterocycles. The molecular formula is C6H8N2O2S. The zero-order valence-electron chi connectivity index (χ0n) is 5.94. The molecule has 0 aliphatic heterocycles. The van der Waals surface area contributed by atoms with Crippen molar-refractivity contribution in [2.24, 2.45) is 0 Å². The van der Waals surface area contributed by atoms with Crippen molar-refractivity contribution in [3.05, 3.63) is 23.9 Å². The van der Waals surface area contributed by atoms with E-state index < -0.39 is 11.3 Å². The van der Waals surface area contributed by atoms with E-state index in [-0.39, 0.29) is 0 Å². The molecule has 0 saturated carbocycles. The number of pyridine rings is 1. The van der Waals surface area contributed by atoms with Crippen LogP contribution in [0.15, 0.2) is 18.3 Å². The Hall–Kier alpha value is -0.940. The molecule has 60 valence electrons. The molecule has 11 heavy (non-hydrogen) atoms. The second kappa shape index (κ2) is 3.45. The third-order valence-electron chi connectivity index (χ3n) is 1.19. The zero-order valence-corrected chi connectivity index (χ0v) is 6.76. The molecule has 2 N–H and O–H groups in total. The van der Waals surface area contributed by atoms with E-state index in [9.17, 15) is 4.21 Å². The number of aromatic nitrogens is 1. The highest BCUT2D eigenvalue weighted by molar-refractivity contribution is 7.80. The molecule has 0 aliphatic carbocycles. The van der Waals surface area contributed by atoms with Gasteiger partial charge in [-0.1, -0.05) is 6.07 Å². The lowest BCUT2D eigenvalue weighted by Crippen LogP contribution is -2.04. The normalized spacial score (nSPS) is 12.5. The van der Waals surface area contributed by atoms with E-state index >= 15 is 0 Å². The van der Waals surface area contributed by atoms with Crippen LogP contribution in [0.25, 0.3) is 0 Å². The number of hydrogen-bond donors (Lipinski definition) is 2. The minimum Gasteiger partial charge on any atom is -0.289 e. The predicted octanol–water partition coefficient (Wildman–Crippen LogP) is 0.939. The molecule has 0 spiro atoms. The summed E-state index contributed by atoms with van der Waals surface area (Å²) in [6, 6.07) is 3.57. The lowest BCUT2D eigenvalue weighted by molar-refractivity contribution is 0.570. The van der Waals surface area contributed by atoms with Crippen molar-refractivity contribution in [2.75, 3.05) is 4.72 Å². The molecule has 4 nitrogen and oxygen atoms in total. The van der Waals surface area contributed by atoms with Gasteiger partial charge in [0.05, 0.1) is 0 Å². The minimum absolute atomic E-state index is 0.438. The number of rotatable bonds is 2. The molecule has 1 rings (SSSR count). The maximum atomic E-state index is 10.3. The Morgan fingerprint density at radius 2 is 2.45 bits per heavy atom. The van der Waals surface area contributed by atoms with Crippen LogP contribution in [0.5, 0.6) is 0 Å². The van der Waals surface area contributed by atoms with Gasteiger partial charge in [0, 0.05) is 6.20 Å². The van der Waals surface area contributed by atoms with Gasteiger partial charge in [0.1, 0.15) is 5.82 Å². The summed E-state index contributed by atoms with van der Waals surface area (Å²) in [6.07, 6.45) is 1.56. The topological polar surface area (TPSA) is 62.2 Å². The molecule has 0 amide bonds. The minimum atomic E-state index is -2.04.